The summed E-state index contributed by atoms with van der Waals surface area (Å²) >= 11 is 3.22. The highest BCUT2D eigenvalue weighted by Gasteiger charge is 2.41. The average Bonchev–Trinajstić information content (AvgIpc) is 2.64. The summed E-state index contributed by atoms with van der Waals surface area (Å²) in [6, 6.07) is 1.95. The van der Waals surface area contributed by atoms with Gasteiger partial charge in [0.05, 0.1) is 16.3 Å². The molecule has 7 heteroatoms. The number of allylic oxidation sites excluding steroid dienone is 1. The summed E-state index contributed by atoms with van der Waals surface area (Å²) in [5.41, 5.74) is 0.815. The molecule has 1 aromatic carbocycles. The molecule has 0 unspecified atom stereocenters. The zero-order valence-electron chi connectivity index (χ0n) is 13.6. The van der Waals surface area contributed by atoms with Crippen molar-refractivity contribution in [1.29, 1.82) is 0 Å². The van der Waals surface area contributed by atoms with Crippen LogP contribution in [0.4, 0.5) is 14.9 Å². The van der Waals surface area contributed by atoms with Gasteiger partial charge in [-0.2, -0.15) is 0 Å². The molecule has 1 aliphatic heterocycles. The molecule has 0 aliphatic carbocycles. The number of nitrogens with zero attached hydrogens (tertiary/aromatic N) is 2. The molecule has 0 atom stereocenters. The maximum Gasteiger partial charge on any atom is 0.336 e. The van der Waals surface area contributed by atoms with Crippen molar-refractivity contribution < 1.29 is 18.7 Å². The lowest BCUT2D eigenvalue weighted by Crippen LogP contribution is -2.32. The summed E-state index contributed by atoms with van der Waals surface area (Å²) in [6.45, 7) is 7.12. The number of urea groups is 1. The number of anilines is 1. The van der Waals surface area contributed by atoms with Crippen LogP contribution in [0.1, 0.15) is 27.7 Å². The minimum atomic E-state index is -0.682. The first-order valence-corrected chi connectivity index (χ1v) is 7.89. The number of hydrogen-bond acceptors (Lipinski definition) is 3. The fraction of sp³-hybridized carbons (Fsp3) is 0.375. The lowest BCUT2D eigenvalue weighted by atomic mass is 10.2. The van der Waals surface area contributed by atoms with Gasteiger partial charge in [-0.1, -0.05) is 0 Å². The molecule has 1 saturated heterocycles. The summed E-state index contributed by atoms with van der Waals surface area (Å²) in [7, 11) is 1.49. The van der Waals surface area contributed by atoms with Crippen molar-refractivity contribution in [2.75, 3.05) is 11.9 Å². The molecule has 1 fully saturated rings. The van der Waals surface area contributed by atoms with E-state index in [-0.39, 0.29) is 17.5 Å². The number of amides is 3. The predicted molar refractivity (Wildman–Crippen MR) is 88.9 cm³/mol. The molecule has 1 aliphatic rings. The van der Waals surface area contributed by atoms with E-state index in [1.807, 2.05) is 13.8 Å². The van der Waals surface area contributed by atoms with Crippen molar-refractivity contribution in [2.45, 2.75) is 33.8 Å². The van der Waals surface area contributed by atoms with Crippen LogP contribution in [0.2, 0.25) is 0 Å². The lowest BCUT2D eigenvalue weighted by molar-refractivity contribution is -0.114. The lowest BCUT2D eigenvalue weighted by Gasteiger charge is -2.18. The second-order valence-corrected chi connectivity index (χ2v) is 6.59. The second-order valence-electron chi connectivity index (χ2n) is 5.73. The molecular formula is C16H18BrFN2O3. The Morgan fingerprint density at radius 1 is 1.26 bits per heavy atom. The highest BCUT2D eigenvalue weighted by molar-refractivity contribution is 9.10. The van der Waals surface area contributed by atoms with Crippen LogP contribution in [-0.4, -0.2) is 30.0 Å². The molecule has 0 saturated carbocycles. The van der Waals surface area contributed by atoms with Crippen LogP contribution >= 0.6 is 15.9 Å². The first-order chi connectivity index (χ1) is 10.6. The van der Waals surface area contributed by atoms with Crippen molar-refractivity contribution >= 4 is 33.6 Å². The Kier molecular flexibility index (Phi) is 4.79. The number of ether oxygens (including phenoxy) is 1. The van der Waals surface area contributed by atoms with Crippen molar-refractivity contribution in [1.82, 2.24) is 4.90 Å². The van der Waals surface area contributed by atoms with Gasteiger partial charge in [0.15, 0.2) is 0 Å². The van der Waals surface area contributed by atoms with E-state index in [2.05, 4.69) is 15.9 Å². The fourth-order valence-electron chi connectivity index (χ4n) is 2.38. The van der Waals surface area contributed by atoms with Crippen molar-refractivity contribution in [3.8, 4) is 5.75 Å². The highest BCUT2D eigenvalue weighted by atomic mass is 79.9. The van der Waals surface area contributed by atoms with Crippen LogP contribution in [0.3, 0.4) is 0 Å². The van der Waals surface area contributed by atoms with Gasteiger partial charge in [-0.15, -0.1) is 0 Å². The van der Waals surface area contributed by atoms with E-state index in [1.54, 1.807) is 13.8 Å². The SMILES string of the molecule is CC(C)=C1C(=O)N(c2cc(OC(C)C)c(Br)cc2F)C(=O)N1C. The van der Waals surface area contributed by atoms with Gasteiger partial charge >= 0.3 is 6.03 Å². The zero-order valence-corrected chi connectivity index (χ0v) is 15.2. The van der Waals surface area contributed by atoms with E-state index < -0.39 is 17.8 Å². The van der Waals surface area contributed by atoms with Gasteiger partial charge in [-0.25, -0.2) is 14.1 Å². The highest BCUT2D eigenvalue weighted by Crippen LogP contribution is 2.36. The number of carbonyl (C=O) groups excluding carboxylic acids is 2. The number of rotatable bonds is 3. The monoisotopic (exact) mass is 384 g/mol. The smallest absolute Gasteiger partial charge is 0.336 e. The van der Waals surface area contributed by atoms with E-state index >= 15 is 0 Å². The maximum absolute atomic E-state index is 14.4. The van der Waals surface area contributed by atoms with E-state index in [1.165, 1.54) is 24.1 Å². The Morgan fingerprint density at radius 2 is 1.87 bits per heavy atom. The summed E-state index contributed by atoms with van der Waals surface area (Å²) in [4.78, 5) is 27.0. The molecule has 5 nitrogen and oxygen atoms in total. The number of benzene rings is 1. The van der Waals surface area contributed by atoms with Crippen molar-refractivity contribution in [3.05, 3.63) is 33.7 Å². The third-order valence-electron chi connectivity index (χ3n) is 3.30. The molecule has 23 heavy (non-hydrogen) atoms. The molecule has 1 aromatic rings. The zero-order chi connectivity index (χ0) is 17.5. The quantitative estimate of drug-likeness (QED) is 0.582. The Labute approximate surface area is 142 Å². The van der Waals surface area contributed by atoms with Gasteiger partial charge in [-0.3, -0.25) is 9.69 Å². The first kappa shape index (κ1) is 17.5. The standard InChI is InChI=1S/C16H18BrFN2O3/c1-8(2)14-15(21)20(16(22)19(14)5)12-7-13(23-9(3)4)10(17)6-11(12)18/h6-7,9H,1-5H3. The van der Waals surface area contributed by atoms with Crippen LogP contribution in [0.15, 0.2) is 27.9 Å². The molecule has 1 heterocycles. The minimum absolute atomic E-state index is 0.123. The molecule has 0 aromatic heterocycles. The van der Waals surface area contributed by atoms with Crippen LogP contribution in [0, 0.1) is 5.82 Å². The Balaban J connectivity index is 2.56. The van der Waals surface area contributed by atoms with Crippen molar-refractivity contribution in [3.63, 3.8) is 0 Å². The van der Waals surface area contributed by atoms with Crippen molar-refractivity contribution in [2.24, 2.45) is 0 Å². The van der Waals surface area contributed by atoms with E-state index in [4.69, 9.17) is 4.74 Å². The van der Waals surface area contributed by atoms with Crippen LogP contribution in [-0.2, 0) is 4.79 Å². The van der Waals surface area contributed by atoms with Gasteiger partial charge in [0.25, 0.3) is 5.91 Å². The summed E-state index contributed by atoms with van der Waals surface area (Å²) in [6.07, 6.45) is -0.134. The second kappa shape index (κ2) is 6.31. The number of hydrogen-bond donors (Lipinski definition) is 0. The van der Waals surface area contributed by atoms with Gasteiger partial charge in [0.2, 0.25) is 0 Å². The summed E-state index contributed by atoms with van der Waals surface area (Å²) in [5.74, 6) is -0.863. The number of carbonyl (C=O) groups is 2. The molecule has 2 rings (SSSR count). The van der Waals surface area contributed by atoms with E-state index in [0.717, 1.165) is 4.90 Å². The van der Waals surface area contributed by atoms with E-state index in [0.29, 0.717) is 15.8 Å². The van der Waals surface area contributed by atoms with Crippen LogP contribution in [0.25, 0.3) is 0 Å². The normalized spacial score (nSPS) is 15.0. The number of imide groups is 1. The first-order valence-electron chi connectivity index (χ1n) is 7.10. The molecule has 124 valence electrons. The number of likely N-dealkylation sites (N-methyl/N-ethyl adjacent to an activating group) is 1. The topological polar surface area (TPSA) is 49.9 Å². The Hall–Kier alpha value is -1.89. The molecule has 0 radical (unpaired) electrons. The van der Waals surface area contributed by atoms with Gasteiger partial charge < -0.3 is 4.74 Å². The molecule has 0 spiro atoms. The van der Waals surface area contributed by atoms with Gasteiger partial charge in [-0.05, 0) is 55.3 Å². The summed E-state index contributed by atoms with van der Waals surface area (Å²) < 4.78 is 20.4. The molecule has 3 amide bonds. The molecule has 0 bridgehead atoms. The molecule has 0 N–H and O–H groups in total. The van der Waals surface area contributed by atoms with Gasteiger partial charge in [0, 0.05) is 13.1 Å². The third-order valence-corrected chi connectivity index (χ3v) is 3.92. The Morgan fingerprint density at radius 3 is 2.35 bits per heavy atom. The third kappa shape index (κ3) is 3.10. The van der Waals surface area contributed by atoms with Crippen LogP contribution < -0.4 is 9.64 Å². The maximum atomic E-state index is 14.4. The predicted octanol–water partition coefficient (Wildman–Crippen LogP) is 4.07. The fourth-order valence-corrected chi connectivity index (χ4v) is 2.79. The van der Waals surface area contributed by atoms with E-state index in [9.17, 15) is 14.0 Å². The van der Waals surface area contributed by atoms with Crippen LogP contribution in [0.5, 0.6) is 5.75 Å². The average molecular weight is 385 g/mol. The Bertz CT molecular complexity index is 712. The summed E-state index contributed by atoms with van der Waals surface area (Å²) in [5, 5.41) is 0. The largest absolute Gasteiger partial charge is 0.490 e. The van der Waals surface area contributed by atoms with Gasteiger partial charge in [0.1, 0.15) is 17.3 Å². The minimum Gasteiger partial charge on any atom is -0.490 e. The molecular weight excluding hydrogens is 367 g/mol. The number of halogens is 2.